The molecule has 94 valence electrons. The molecular formula is C14H22N2O. The Balaban J connectivity index is 2.31. The molecule has 1 fully saturated rings. The number of hydrogen-bond acceptors (Lipinski definition) is 3. The second kappa shape index (κ2) is 5.41. The summed E-state index contributed by atoms with van der Waals surface area (Å²) in [4.78, 5) is 2.33. The number of nitrogen functional groups attached to an aromatic ring is 1. The van der Waals surface area contributed by atoms with Crippen LogP contribution < -0.4 is 10.6 Å². The van der Waals surface area contributed by atoms with Crippen LogP contribution in [0.1, 0.15) is 31.2 Å². The average Bonchev–Trinajstić information content (AvgIpc) is 2.57. The van der Waals surface area contributed by atoms with E-state index in [1.807, 2.05) is 12.1 Å². The number of anilines is 2. The highest BCUT2D eigenvalue weighted by Gasteiger charge is 2.21. The smallest absolute Gasteiger partial charge is 0.0635 e. The van der Waals surface area contributed by atoms with Gasteiger partial charge in [-0.05, 0) is 37.5 Å². The minimum absolute atomic E-state index is 0.230. The highest BCUT2D eigenvalue weighted by Crippen LogP contribution is 2.28. The van der Waals surface area contributed by atoms with Gasteiger partial charge in [-0.1, -0.05) is 18.9 Å². The van der Waals surface area contributed by atoms with Crippen molar-refractivity contribution in [2.45, 2.75) is 38.6 Å². The fourth-order valence-electron chi connectivity index (χ4n) is 2.62. The number of nitrogens with two attached hydrogens (primary N) is 1. The predicted octanol–water partition coefficient (Wildman–Crippen LogP) is 2.32. The molecule has 1 unspecified atom stereocenters. The topological polar surface area (TPSA) is 49.5 Å². The van der Waals surface area contributed by atoms with Gasteiger partial charge in [0.1, 0.15) is 0 Å². The maximum atomic E-state index is 9.54. The monoisotopic (exact) mass is 234 g/mol. The van der Waals surface area contributed by atoms with E-state index in [-0.39, 0.29) is 12.6 Å². The molecule has 0 aliphatic carbocycles. The molecule has 0 aromatic heterocycles. The van der Waals surface area contributed by atoms with Gasteiger partial charge in [0, 0.05) is 17.9 Å². The molecule has 3 N–H and O–H groups in total. The van der Waals surface area contributed by atoms with Crippen molar-refractivity contribution in [3.8, 4) is 0 Å². The number of aliphatic hydroxyl groups excluding tert-OH is 1. The summed E-state index contributed by atoms with van der Waals surface area (Å²) < 4.78 is 0. The Morgan fingerprint density at radius 2 is 2.18 bits per heavy atom. The van der Waals surface area contributed by atoms with E-state index in [4.69, 9.17) is 5.73 Å². The minimum atomic E-state index is 0.230. The number of aryl methyl sites for hydroxylation is 1. The third-order valence-electron chi connectivity index (χ3n) is 3.63. The first-order chi connectivity index (χ1) is 8.22. The normalized spacial score (nSPS) is 21.3. The Kier molecular flexibility index (Phi) is 3.89. The Morgan fingerprint density at radius 3 is 2.94 bits per heavy atom. The summed E-state index contributed by atoms with van der Waals surface area (Å²) >= 11 is 0. The van der Waals surface area contributed by atoms with Gasteiger partial charge in [0.25, 0.3) is 0 Å². The molecule has 1 aromatic rings. The zero-order valence-corrected chi connectivity index (χ0v) is 10.5. The lowest BCUT2D eigenvalue weighted by molar-refractivity contribution is 0.255. The van der Waals surface area contributed by atoms with Crippen LogP contribution in [0.25, 0.3) is 0 Å². The Hall–Kier alpha value is -1.22. The lowest BCUT2D eigenvalue weighted by Gasteiger charge is -2.32. The van der Waals surface area contributed by atoms with Crippen molar-refractivity contribution in [1.29, 1.82) is 0 Å². The number of rotatable bonds is 2. The molecule has 1 aliphatic heterocycles. The zero-order valence-electron chi connectivity index (χ0n) is 10.5. The average molecular weight is 234 g/mol. The zero-order chi connectivity index (χ0) is 12.3. The van der Waals surface area contributed by atoms with Crippen molar-refractivity contribution in [3.05, 3.63) is 23.8 Å². The van der Waals surface area contributed by atoms with Crippen LogP contribution >= 0.6 is 0 Å². The van der Waals surface area contributed by atoms with Crippen LogP contribution in [0.15, 0.2) is 18.2 Å². The molecule has 0 radical (unpaired) electrons. The molecule has 3 nitrogen and oxygen atoms in total. The van der Waals surface area contributed by atoms with Crippen molar-refractivity contribution in [1.82, 2.24) is 0 Å². The van der Waals surface area contributed by atoms with Gasteiger partial charge in [-0.25, -0.2) is 0 Å². The van der Waals surface area contributed by atoms with Crippen LogP contribution in [0.5, 0.6) is 0 Å². The predicted molar refractivity (Wildman–Crippen MR) is 72.3 cm³/mol. The summed E-state index contributed by atoms with van der Waals surface area (Å²) in [5.41, 5.74) is 9.09. The third-order valence-corrected chi connectivity index (χ3v) is 3.63. The van der Waals surface area contributed by atoms with Crippen LogP contribution in [0.4, 0.5) is 11.4 Å². The van der Waals surface area contributed by atoms with Crippen molar-refractivity contribution >= 4 is 11.4 Å². The quantitative estimate of drug-likeness (QED) is 0.772. The van der Waals surface area contributed by atoms with Crippen LogP contribution in [0, 0.1) is 6.92 Å². The van der Waals surface area contributed by atoms with Gasteiger partial charge in [0.2, 0.25) is 0 Å². The fraction of sp³-hybridized carbons (Fsp3) is 0.571. The van der Waals surface area contributed by atoms with Crippen molar-refractivity contribution in [2.24, 2.45) is 0 Å². The molecule has 3 heteroatoms. The summed E-state index contributed by atoms with van der Waals surface area (Å²) in [5, 5.41) is 9.54. The molecule has 0 spiro atoms. The first-order valence-electron chi connectivity index (χ1n) is 6.46. The highest BCUT2D eigenvalue weighted by atomic mass is 16.3. The van der Waals surface area contributed by atoms with Gasteiger partial charge in [-0.3, -0.25) is 0 Å². The number of nitrogens with zero attached hydrogens (tertiary/aromatic N) is 1. The van der Waals surface area contributed by atoms with Gasteiger partial charge < -0.3 is 15.7 Å². The van der Waals surface area contributed by atoms with E-state index >= 15 is 0 Å². The van der Waals surface area contributed by atoms with Crippen molar-refractivity contribution < 1.29 is 5.11 Å². The Bertz CT molecular complexity index is 378. The Labute approximate surface area is 103 Å². The SMILES string of the molecule is Cc1ccc(N)cc1N1CCCCCC1CO. The molecule has 1 saturated heterocycles. The second-order valence-electron chi connectivity index (χ2n) is 4.93. The highest BCUT2D eigenvalue weighted by molar-refractivity contribution is 5.61. The fourth-order valence-corrected chi connectivity index (χ4v) is 2.62. The van der Waals surface area contributed by atoms with E-state index in [0.717, 1.165) is 18.7 Å². The second-order valence-corrected chi connectivity index (χ2v) is 4.93. The van der Waals surface area contributed by atoms with Crippen LogP contribution in [-0.4, -0.2) is 24.3 Å². The van der Waals surface area contributed by atoms with Gasteiger partial charge in [-0.2, -0.15) is 0 Å². The summed E-state index contributed by atoms with van der Waals surface area (Å²) in [6, 6.07) is 6.27. The molecular weight excluding hydrogens is 212 g/mol. The third kappa shape index (κ3) is 2.72. The summed E-state index contributed by atoms with van der Waals surface area (Å²) in [7, 11) is 0. The van der Waals surface area contributed by atoms with Crippen LogP contribution in [0.2, 0.25) is 0 Å². The van der Waals surface area contributed by atoms with E-state index in [1.165, 1.54) is 30.5 Å². The first-order valence-corrected chi connectivity index (χ1v) is 6.46. The van der Waals surface area contributed by atoms with E-state index in [2.05, 4.69) is 17.9 Å². The van der Waals surface area contributed by atoms with Gasteiger partial charge in [-0.15, -0.1) is 0 Å². The maximum absolute atomic E-state index is 9.54. The van der Waals surface area contributed by atoms with E-state index in [1.54, 1.807) is 0 Å². The minimum Gasteiger partial charge on any atom is -0.399 e. The first kappa shape index (κ1) is 12.2. The van der Waals surface area contributed by atoms with E-state index in [9.17, 15) is 5.11 Å². The standard InChI is InChI=1S/C14H22N2O/c1-11-6-7-12(15)9-14(11)16-8-4-2-3-5-13(16)10-17/h6-7,9,13,17H,2-5,8,10,15H2,1H3. The molecule has 1 aromatic carbocycles. The van der Waals surface area contributed by atoms with Gasteiger partial charge in [0.15, 0.2) is 0 Å². The van der Waals surface area contributed by atoms with Crippen molar-refractivity contribution in [2.75, 3.05) is 23.8 Å². The number of hydrogen-bond donors (Lipinski definition) is 2. The molecule has 1 heterocycles. The molecule has 17 heavy (non-hydrogen) atoms. The van der Waals surface area contributed by atoms with Crippen LogP contribution in [-0.2, 0) is 0 Å². The molecule has 2 rings (SSSR count). The van der Waals surface area contributed by atoms with Gasteiger partial charge >= 0.3 is 0 Å². The maximum Gasteiger partial charge on any atom is 0.0635 e. The van der Waals surface area contributed by atoms with Gasteiger partial charge in [0.05, 0.1) is 12.6 Å². The van der Waals surface area contributed by atoms with E-state index in [0.29, 0.717) is 0 Å². The lowest BCUT2D eigenvalue weighted by atomic mass is 10.1. The van der Waals surface area contributed by atoms with Crippen molar-refractivity contribution in [3.63, 3.8) is 0 Å². The van der Waals surface area contributed by atoms with Crippen LogP contribution in [0.3, 0.4) is 0 Å². The summed E-state index contributed by atoms with van der Waals surface area (Å²) in [6.45, 7) is 3.36. The molecule has 0 bridgehead atoms. The Morgan fingerprint density at radius 1 is 1.35 bits per heavy atom. The van der Waals surface area contributed by atoms with E-state index < -0.39 is 0 Å². The number of benzene rings is 1. The number of aliphatic hydroxyl groups is 1. The summed E-state index contributed by atoms with van der Waals surface area (Å²) in [5.74, 6) is 0. The lowest BCUT2D eigenvalue weighted by Crippen LogP contribution is -2.38. The molecule has 0 amide bonds. The molecule has 1 atom stereocenters. The molecule has 0 saturated carbocycles. The summed E-state index contributed by atoms with van der Waals surface area (Å²) in [6.07, 6.45) is 4.74. The molecule has 1 aliphatic rings. The largest absolute Gasteiger partial charge is 0.399 e.